The summed E-state index contributed by atoms with van der Waals surface area (Å²) < 4.78 is 0. The molecule has 0 aromatic carbocycles. The number of aliphatic hydroxyl groups is 3. The van der Waals surface area contributed by atoms with Crippen LogP contribution in [0, 0.1) is 57.7 Å². The Hall–Kier alpha value is -0.380. The van der Waals surface area contributed by atoms with Crippen molar-refractivity contribution in [3.63, 3.8) is 0 Å². The third-order valence-corrected chi connectivity index (χ3v) is 13.0. The zero-order valence-corrected chi connectivity index (χ0v) is 22.3. The summed E-state index contributed by atoms with van der Waals surface area (Å²) in [6.07, 6.45) is 8.92. The molecule has 12 atom stereocenters. The molecule has 0 saturated heterocycles. The van der Waals surface area contributed by atoms with Crippen LogP contribution in [0.2, 0.25) is 0 Å². The second kappa shape index (κ2) is 7.56. The first-order valence-electron chi connectivity index (χ1n) is 14.1. The first-order chi connectivity index (χ1) is 15.3. The van der Waals surface area contributed by atoms with Gasteiger partial charge in [0.2, 0.25) is 0 Å². The van der Waals surface area contributed by atoms with E-state index in [4.69, 9.17) is 0 Å². The molecule has 0 spiro atoms. The summed E-state index contributed by atoms with van der Waals surface area (Å²) in [7, 11) is 0. The zero-order valence-electron chi connectivity index (χ0n) is 22.3. The summed E-state index contributed by atoms with van der Waals surface area (Å²) in [4.78, 5) is 0. The summed E-state index contributed by atoms with van der Waals surface area (Å²) in [5.74, 6) is 4.20. The van der Waals surface area contributed by atoms with Gasteiger partial charge in [0.05, 0.1) is 12.2 Å². The van der Waals surface area contributed by atoms with Crippen molar-refractivity contribution in [1.29, 1.82) is 0 Å². The SMILES string of the molecule is CC(C)[C@@H](C)[C@@]1(C)C[C@@H]1[C@@H](C)[C@H]1CC[C@H]2[C@@H]3CC=C4C[C@@H](O)CC[C@]4(C)[C@@]3(O)[C@H](O)C[C@]12C. The van der Waals surface area contributed by atoms with E-state index in [2.05, 4.69) is 54.5 Å². The molecular formula is C30H50O3. The van der Waals surface area contributed by atoms with Gasteiger partial charge in [-0.05, 0) is 104 Å². The maximum Gasteiger partial charge on any atom is 0.103 e. The standard InChI is InChI=1S/C30H50O3/c1-17(2)19(4)27(5)15-25(27)18(3)22-10-11-23-24-9-8-20-14-21(31)12-13-29(20,7)30(24,33)26(32)16-28(22,23)6/h8,17-19,21-26,31-33H,9-16H2,1-7H3/t18-,19+,21-,22+,23-,24-,25+,26+,27+,28+,29-,30-/m0/s1. The quantitative estimate of drug-likeness (QED) is 0.455. The predicted molar refractivity (Wildman–Crippen MR) is 133 cm³/mol. The highest BCUT2D eigenvalue weighted by Crippen LogP contribution is 2.72. The molecule has 0 radical (unpaired) electrons. The Morgan fingerprint density at radius 1 is 0.909 bits per heavy atom. The average molecular weight is 459 g/mol. The van der Waals surface area contributed by atoms with Crippen LogP contribution in [-0.4, -0.2) is 33.1 Å². The van der Waals surface area contributed by atoms with Gasteiger partial charge in [-0.2, -0.15) is 0 Å². The highest BCUT2D eigenvalue weighted by Gasteiger charge is 2.70. The normalized spacial score (nSPS) is 55.3. The lowest BCUT2D eigenvalue weighted by atomic mass is 9.43. The van der Waals surface area contributed by atoms with E-state index in [1.807, 2.05) is 0 Å². The van der Waals surface area contributed by atoms with Gasteiger partial charge in [0.1, 0.15) is 5.60 Å². The molecule has 0 amide bonds. The third kappa shape index (κ3) is 3.10. The van der Waals surface area contributed by atoms with Gasteiger partial charge in [-0.25, -0.2) is 0 Å². The van der Waals surface area contributed by atoms with E-state index in [0.717, 1.165) is 43.4 Å². The van der Waals surface area contributed by atoms with Gasteiger partial charge in [-0.3, -0.25) is 0 Å². The van der Waals surface area contributed by atoms with Gasteiger partial charge < -0.3 is 15.3 Å². The summed E-state index contributed by atoms with van der Waals surface area (Å²) >= 11 is 0. The van der Waals surface area contributed by atoms with Crippen molar-refractivity contribution in [2.75, 3.05) is 0 Å². The van der Waals surface area contributed by atoms with E-state index >= 15 is 0 Å². The summed E-state index contributed by atoms with van der Waals surface area (Å²) in [5.41, 5.74) is 0.314. The fraction of sp³-hybridized carbons (Fsp3) is 0.933. The molecule has 5 aliphatic rings. The average Bonchev–Trinajstić information content (AvgIpc) is 3.33. The van der Waals surface area contributed by atoms with Gasteiger partial charge in [-0.1, -0.05) is 60.1 Å². The molecule has 3 N–H and O–H groups in total. The number of hydrogen-bond donors (Lipinski definition) is 3. The van der Waals surface area contributed by atoms with E-state index in [1.165, 1.54) is 24.8 Å². The molecule has 4 saturated carbocycles. The molecule has 188 valence electrons. The first kappa shape index (κ1) is 24.3. The molecule has 3 heteroatoms. The Balaban J connectivity index is 1.43. The lowest BCUT2D eigenvalue weighted by Gasteiger charge is -2.64. The molecular weight excluding hydrogens is 408 g/mol. The smallest absolute Gasteiger partial charge is 0.103 e. The Bertz CT molecular complexity index is 819. The van der Waals surface area contributed by atoms with Crippen molar-refractivity contribution in [2.45, 2.75) is 118 Å². The Morgan fingerprint density at radius 2 is 1.61 bits per heavy atom. The molecule has 3 nitrogen and oxygen atoms in total. The predicted octanol–water partition coefficient (Wildman–Crippen LogP) is 5.97. The van der Waals surface area contributed by atoms with Crippen LogP contribution >= 0.6 is 0 Å². The van der Waals surface area contributed by atoms with E-state index in [0.29, 0.717) is 29.6 Å². The number of hydrogen-bond acceptors (Lipinski definition) is 3. The van der Waals surface area contributed by atoms with Crippen molar-refractivity contribution in [3.8, 4) is 0 Å². The minimum Gasteiger partial charge on any atom is -0.393 e. The van der Waals surface area contributed by atoms with Crippen LogP contribution in [0.3, 0.4) is 0 Å². The van der Waals surface area contributed by atoms with Gasteiger partial charge in [0.25, 0.3) is 0 Å². The Morgan fingerprint density at radius 3 is 2.27 bits per heavy atom. The van der Waals surface area contributed by atoms with Crippen molar-refractivity contribution < 1.29 is 15.3 Å². The van der Waals surface area contributed by atoms with Crippen LogP contribution in [0.25, 0.3) is 0 Å². The molecule has 5 rings (SSSR count). The number of aliphatic hydroxyl groups excluding tert-OH is 2. The number of fused-ring (bicyclic) bond motifs is 5. The van der Waals surface area contributed by atoms with Crippen LogP contribution in [-0.2, 0) is 0 Å². The highest BCUT2D eigenvalue weighted by molar-refractivity contribution is 5.32. The van der Waals surface area contributed by atoms with Gasteiger partial charge in [0.15, 0.2) is 0 Å². The summed E-state index contributed by atoms with van der Waals surface area (Å²) in [6, 6.07) is 0. The third-order valence-electron chi connectivity index (χ3n) is 13.0. The van der Waals surface area contributed by atoms with Crippen LogP contribution < -0.4 is 0 Å². The van der Waals surface area contributed by atoms with Crippen molar-refractivity contribution in [3.05, 3.63) is 11.6 Å². The van der Waals surface area contributed by atoms with Gasteiger partial charge in [0, 0.05) is 5.41 Å². The molecule has 0 unspecified atom stereocenters. The van der Waals surface area contributed by atoms with Crippen LogP contribution in [0.4, 0.5) is 0 Å². The highest BCUT2D eigenvalue weighted by atomic mass is 16.3. The van der Waals surface area contributed by atoms with E-state index in [9.17, 15) is 15.3 Å². The van der Waals surface area contributed by atoms with Gasteiger partial charge in [-0.15, -0.1) is 0 Å². The molecule has 0 aliphatic heterocycles. The molecule has 0 aromatic rings. The Labute approximate surface area is 202 Å². The molecule has 0 heterocycles. The van der Waals surface area contributed by atoms with Crippen LogP contribution in [0.1, 0.15) is 99.8 Å². The van der Waals surface area contributed by atoms with Crippen LogP contribution in [0.5, 0.6) is 0 Å². The van der Waals surface area contributed by atoms with E-state index in [-0.39, 0.29) is 17.4 Å². The summed E-state index contributed by atoms with van der Waals surface area (Å²) in [6.45, 7) is 16.9. The lowest BCUT2D eigenvalue weighted by Crippen LogP contribution is -2.69. The van der Waals surface area contributed by atoms with Crippen molar-refractivity contribution in [1.82, 2.24) is 0 Å². The zero-order chi connectivity index (χ0) is 24.1. The fourth-order valence-electron chi connectivity index (χ4n) is 10.4. The second-order valence-corrected chi connectivity index (χ2v) is 14.3. The fourth-order valence-corrected chi connectivity index (χ4v) is 10.4. The largest absolute Gasteiger partial charge is 0.393 e. The number of allylic oxidation sites excluding steroid dienone is 1. The minimum atomic E-state index is -1.06. The van der Waals surface area contributed by atoms with Crippen molar-refractivity contribution in [2.24, 2.45) is 57.7 Å². The Kier molecular flexibility index (Phi) is 5.57. The maximum absolute atomic E-state index is 12.4. The minimum absolute atomic E-state index is 0.107. The van der Waals surface area contributed by atoms with Crippen molar-refractivity contribution >= 4 is 0 Å². The molecule has 5 aliphatic carbocycles. The lowest BCUT2D eigenvalue weighted by molar-refractivity contribution is -0.246. The number of rotatable bonds is 4. The van der Waals surface area contributed by atoms with Gasteiger partial charge >= 0.3 is 0 Å². The van der Waals surface area contributed by atoms with Crippen LogP contribution in [0.15, 0.2) is 11.6 Å². The first-order valence-corrected chi connectivity index (χ1v) is 14.1. The topological polar surface area (TPSA) is 60.7 Å². The van der Waals surface area contributed by atoms with E-state index < -0.39 is 17.1 Å². The molecule has 0 aromatic heterocycles. The maximum atomic E-state index is 12.4. The molecule has 33 heavy (non-hydrogen) atoms. The molecule has 0 bridgehead atoms. The monoisotopic (exact) mass is 458 g/mol. The molecule has 4 fully saturated rings. The summed E-state index contributed by atoms with van der Waals surface area (Å²) in [5, 5.41) is 34.4. The second-order valence-electron chi connectivity index (χ2n) is 14.3. The van der Waals surface area contributed by atoms with E-state index in [1.54, 1.807) is 0 Å².